The van der Waals surface area contributed by atoms with Crippen LogP contribution in [-0.2, 0) is 20.7 Å². The van der Waals surface area contributed by atoms with E-state index in [0.717, 1.165) is 28.3 Å². The molecule has 3 rings (SSSR count). The van der Waals surface area contributed by atoms with E-state index >= 15 is 0 Å². The van der Waals surface area contributed by atoms with Crippen molar-refractivity contribution < 1.29 is 19.4 Å². The number of amides is 1. The number of carboxylic acid groups (broad SMARTS) is 1. The van der Waals surface area contributed by atoms with Gasteiger partial charge in [-0.05, 0) is 40.7 Å². The van der Waals surface area contributed by atoms with Crippen molar-refractivity contribution in [1.82, 2.24) is 24.6 Å². The maximum atomic E-state index is 12.8. The Kier molecular flexibility index (Phi) is 5.46. The summed E-state index contributed by atoms with van der Waals surface area (Å²) in [6.07, 6.45) is -1.18. The molecule has 0 saturated carbocycles. The second-order valence-electron chi connectivity index (χ2n) is 7.26. The molecule has 1 unspecified atom stereocenters. The molecule has 9 heteroatoms. The van der Waals surface area contributed by atoms with Crippen molar-refractivity contribution in [3.63, 3.8) is 0 Å². The highest BCUT2D eigenvalue weighted by molar-refractivity contribution is 5.81. The van der Waals surface area contributed by atoms with Gasteiger partial charge in [0.05, 0.1) is 24.8 Å². The molecule has 0 aromatic carbocycles. The van der Waals surface area contributed by atoms with Gasteiger partial charge in [-0.15, -0.1) is 0 Å². The topological polar surface area (TPSA) is 110 Å². The number of carbonyl (C=O) groups is 2. The molecule has 3 heterocycles. The van der Waals surface area contributed by atoms with Gasteiger partial charge in [-0.1, -0.05) is 0 Å². The lowest BCUT2D eigenvalue weighted by molar-refractivity contribution is -0.166. The van der Waals surface area contributed by atoms with Crippen LogP contribution >= 0.6 is 0 Å². The summed E-state index contributed by atoms with van der Waals surface area (Å²) in [7, 11) is 0. The summed E-state index contributed by atoms with van der Waals surface area (Å²) in [4.78, 5) is 34.5. The molecule has 150 valence electrons. The van der Waals surface area contributed by atoms with E-state index in [0.29, 0.717) is 12.5 Å². The molecule has 28 heavy (non-hydrogen) atoms. The van der Waals surface area contributed by atoms with Gasteiger partial charge in [0.2, 0.25) is 5.91 Å². The van der Waals surface area contributed by atoms with Gasteiger partial charge in [-0.2, -0.15) is 5.10 Å². The first-order chi connectivity index (χ1) is 13.2. The molecule has 1 fully saturated rings. The number of aromatic nitrogens is 4. The molecule has 0 bridgehead atoms. The lowest BCUT2D eigenvalue weighted by atomic mass is 10.1. The maximum absolute atomic E-state index is 12.8. The minimum absolute atomic E-state index is 0.0466. The van der Waals surface area contributed by atoms with Gasteiger partial charge in [0, 0.05) is 29.2 Å². The zero-order valence-corrected chi connectivity index (χ0v) is 16.8. The Balaban J connectivity index is 1.84. The summed E-state index contributed by atoms with van der Waals surface area (Å²) in [6.45, 7) is 9.70. The van der Waals surface area contributed by atoms with E-state index in [2.05, 4.69) is 15.1 Å². The Morgan fingerprint density at radius 3 is 2.43 bits per heavy atom. The van der Waals surface area contributed by atoms with Gasteiger partial charge < -0.3 is 14.7 Å². The molecule has 0 radical (unpaired) electrons. The van der Waals surface area contributed by atoms with Crippen molar-refractivity contribution in [2.45, 2.75) is 53.2 Å². The third kappa shape index (κ3) is 4.04. The fraction of sp³-hybridized carbons (Fsp3) is 0.526. The molecule has 1 aliphatic heterocycles. The first-order valence-electron chi connectivity index (χ1n) is 9.19. The van der Waals surface area contributed by atoms with E-state index in [9.17, 15) is 14.7 Å². The van der Waals surface area contributed by atoms with Crippen molar-refractivity contribution in [1.29, 1.82) is 0 Å². The normalized spacial score (nSPS) is 19.7. The van der Waals surface area contributed by atoms with Crippen LogP contribution in [0.25, 0.3) is 5.95 Å². The molecule has 1 N–H and O–H groups in total. The summed E-state index contributed by atoms with van der Waals surface area (Å²) in [5, 5.41) is 13.7. The third-order valence-corrected chi connectivity index (χ3v) is 4.82. The lowest BCUT2D eigenvalue weighted by Gasteiger charge is -2.35. The van der Waals surface area contributed by atoms with Crippen LogP contribution in [0.4, 0.5) is 0 Å². The van der Waals surface area contributed by atoms with E-state index < -0.39 is 12.1 Å². The molecule has 0 spiro atoms. The van der Waals surface area contributed by atoms with Crippen LogP contribution in [-0.4, -0.2) is 66.9 Å². The van der Waals surface area contributed by atoms with E-state index in [4.69, 9.17) is 4.74 Å². The van der Waals surface area contributed by atoms with Crippen molar-refractivity contribution in [3.05, 3.63) is 34.4 Å². The van der Waals surface area contributed by atoms with E-state index in [1.54, 1.807) is 16.5 Å². The molecular weight excluding hydrogens is 362 g/mol. The lowest BCUT2D eigenvalue weighted by Crippen LogP contribution is -2.52. The highest BCUT2D eigenvalue weighted by atomic mass is 16.5. The second kappa shape index (κ2) is 7.67. The zero-order valence-electron chi connectivity index (χ0n) is 16.8. The monoisotopic (exact) mass is 387 g/mol. The molecule has 0 aliphatic carbocycles. The Bertz CT molecular complexity index is 903. The SMILES string of the molecule is Cc1cc(C)nc(-n2nc(C)c(CC(=O)N3CC(C(=O)O)O[C@H](C)C3)c2C)n1. The van der Waals surface area contributed by atoms with E-state index in [1.807, 2.05) is 33.8 Å². The first-order valence-corrected chi connectivity index (χ1v) is 9.19. The maximum Gasteiger partial charge on any atom is 0.334 e. The van der Waals surface area contributed by atoms with Crippen LogP contribution in [0, 0.1) is 27.7 Å². The van der Waals surface area contributed by atoms with Crippen LogP contribution in [0.3, 0.4) is 0 Å². The van der Waals surface area contributed by atoms with Crippen LogP contribution in [0.2, 0.25) is 0 Å². The van der Waals surface area contributed by atoms with Crippen LogP contribution < -0.4 is 0 Å². The number of nitrogens with zero attached hydrogens (tertiary/aromatic N) is 5. The standard InChI is InChI=1S/C19H25N5O4/c1-10-6-11(2)21-19(20-10)24-14(5)15(13(4)22-24)7-17(25)23-8-12(3)28-16(9-23)18(26)27/h6,12,16H,7-9H2,1-5H3,(H,26,27)/t12-,16?/m1/s1. The number of carbonyl (C=O) groups excluding carboxylic acids is 1. The average Bonchev–Trinajstić information content (AvgIpc) is 2.88. The number of morpholine rings is 1. The van der Waals surface area contributed by atoms with Crippen molar-refractivity contribution in [2.75, 3.05) is 13.1 Å². The smallest absolute Gasteiger partial charge is 0.334 e. The third-order valence-electron chi connectivity index (χ3n) is 4.82. The molecule has 1 aliphatic rings. The second-order valence-corrected chi connectivity index (χ2v) is 7.26. The summed E-state index contributed by atoms with van der Waals surface area (Å²) in [5.74, 6) is -0.729. The highest BCUT2D eigenvalue weighted by Crippen LogP contribution is 2.19. The Hall–Kier alpha value is -2.81. The van der Waals surface area contributed by atoms with Gasteiger partial charge >= 0.3 is 5.97 Å². The number of hydrogen-bond acceptors (Lipinski definition) is 6. The minimum atomic E-state index is -1.06. The Morgan fingerprint density at radius 2 is 1.82 bits per heavy atom. The van der Waals surface area contributed by atoms with Gasteiger partial charge in [-0.25, -0.2) is 19.4 Å². The largest absolute Gasteiger partial charge is 0.479 e. The number of aliphatic carboxylic acids is 1. The van der Waals surface area contributed by atoms with E-state index in [1.165, 1.54) is 0 Å². The number of ether oxygens (including phenoxy) is 1. The Morgan fingerprint density at radius 1 is 1.18 bits per heavy atom. The molecule has 1 amide bonds. The zero-order chi connectivity index (χ0) is 20.6. The Labute approximate surface area is 163 Å². The van der Waals surface area contributed by atoms with Crippen molar-refractivity contribution in [3.8, 4) is 5.95 Å². The fourth-order valence-electron chi connectivity index (χ4n) is 3.48. The number of rotatable bonds is 4. The minimum Gasteiger partial charge on any atom is -0.479 e. The van der Waals surface area contributed by atoms with Crippen LogP contribution in [0.1, 0.15) is 35.3 Å². The predicted molar refractivity (Wildman–Crippen MR) is 100 cm³/mol. The van der Waals surface area contributed by atoms with Gasteiger partial charge in [-0.3, -0.25) is 4.79 Å². The van der Waals surface area contributed by atoms with Gasteiger partial charge in [0.25, 0.3) is 5.95 Å². The quantitative estimate of drug-likeness (QED) is 0.837. The molecular formula is C19H25N5O4. The average molecular weight is 387 g/mol. The number of hydrogen-bond donors (Lipinski definition) is 1. The van der Waals surface area contributed by atoms with Crippen LogP contribution in [0.5, 0.6) is 0 Å². The van der Waals surface area contributed by atoms with Crippen molar-refractivity contribution in [2.24, 2.45) is 0 Å². The number of carboxylic acids is 1. The summed E-state index contributed by atoms with van der Waals surface area (Å²) < 4.78 is 7.04. The molecule has 9 nitrogen and oxygen atoms in total. The highest BCUT2D eigenvalue weighted by Gasteiger charge is 2.33. The number of aryl methyl sites for hydroxylation is 3. The van der Waals surface area contributed by atoms with Gasteiger partial charge in [0.15, 0.2) is 6.10 Å². The van der Waals surface area contributed by atoms with E-state index in [-0.39, 0.29) is 25.0 Å². The molecule has 2 aromatic rings. The molecule has 2 aromatic heterocycles. The van der Waals surface area contributed by atoms with Crippen molar-refractivity contribution >= 4 is 11.9 Å². The summed E-state index contributed by atoms with van der Waals surface area (Å²) in [5.41, 5.74) is 4.01. The molecule has 2 atom stereocenters. The molecule has 1 saturated heterocycles. The van der Waals surface area contributed by atoms with Gasteiger partial charge in [0.1, 0.15) is 0 Å². The summed E-state index contributed by atoms with van der Waals surface area (Å²) in [6, 6.07) is 1.89. The predicted octanol–water partition coefficient (Wildman–Crippen LogP) is 1.14. The summed E-state index contributed by atoms with van der Waals surface area (Å²) >= 11 is 0. The first kappa shape index (κ1) is 19.9. The van der Waals surface area contributed by atoms with Crippen LogP contribution in [0.15, 0.2) is 6.07 Å². The fourth-order valence-corrected chi connectivity index (χ4v) is 3.48.